The van der Waals surface area contributed by atoms with E-state index in [1.165, 1.54) is 18.2 Å². The third-order valence-electron chi connectivity index (χ3n) is 3.21. The van der Waals surface area contributed by atoms with Crippen LogP contribution < -0.4 is 10.6 Å². The first kappa shape index (κ1) is 14.0. The van der Waals surface area contributed by atoms with Gasteiger partial charge in [0.2, 0.25) is 0 Å². The molecule has 3 N–H and O–H groups in total. The number of amides is 1. The molecule has 1 atom stereocenters. The summed E-state index contributed by atoms with van der Waals surface area (Å²) in [5.74, 6) is -0.163. The van der Waals surface area contributed by atoms with Crippen molar-refractivity contribution in [2.24, 2.45) is 0 Å². The number of carbonyl (C=O) groups is 1. The molecule has 5 heteroatoms. The average Bonchev–Trinajstić information content (AvgIpc) is 2.44. The number of benzene rings is 1. The van der Waals surface area contributed by atoms with Crippen molar-refractivity contribution in [1.29, 1.82) is 0 Å². The minimum absolute atomic E-state index is 0.163. The van der Waals surface area contributed by atoms with Crippen molar-refractivity contribution >= 4 is 5.91 Å². The number of aliphatic hydroxyl groups is 1. The number of hydrogen-bond donors (Lipinski definition) is 3. The van der Waals surface area contributed by atoms with Crippen molar-refractivity contribution in [3.05, 3.63) is 34.9 Å². The second-order valence-corrected chi connectivity index (χ2v) is 4.73. The molecule has 1 aliphatic rings. The topological polar surface area (TPSA) is 70.6 Å². The largest absolute Gasteiger partial charge is 0.389 e. The molecule has 1 aromatic carbocycles. The Bertz CT molecular complexity index is 448. The van der Waals surface area contributed by atoms with E-state index in [0.717, 1.165) is 19.5 Å². The molecular formula is C14H20N2O3. The fourth-order valence-electron chi connectivity index (χ4n) is 2.19. The molecule has 19 heavy (non-hydrogen) atoms. The highest BCUT2D eigenvalue weighted by Crippen LogP contribution is 2.15. The molecule has 0 saturated carbocycles. The van der Waals surface area contributed by atoms with E-state index in [-0.39, 0.29) is 19.1 Å². The molecule has 1 heterocycles. The summed E-state index contributed by atoms with van der Waals surface area (Å²) in [5.41, 5.74) is 3.11. The second kappa shape index (κ2) is 6.65. The molecule has 0 bridgehead atoms. The molecule has 1 aliphatic heterocycles. The molecule has 0 fully saturated rings. The van der Waals surface area contributed by atoms with Crippen LogP contribution in [0.1, 0.15) is 21.5 Å². The standard InChI is InChI=1S/C14H20N2O3/c1-19-9-13(17)8-16-14(18)11-3-2-10-4-5-15-7-12(10)6-11/h2-3,6,13,15,17H,4-5,7-9H2,1H3,(H,16,18). The number of rotatable bonds is 5. The van der Waals surface area contributed by atoms with Gasteiger partial charge in [-0.15, -0.1) is 0 Å². The van der Waals surface area contributed by atoms with Crippen LogP contribution in [0.4, 0.5) is 0 Å². The first-order valence-electron chi connectivity index (χ1n) is 6.48. The zero-order chi connectivity index (χ0) is 13.7. The lowest BCUT2D eigenvalue weighted by Crippen LogP contribution is -2.34. The summed E-state index contributed by atoms with van der Waals surface area (Å²) >= 11 is 0. The number of methoxy groups -OCH3 is 1. The monoisotopic (exact) mass is 264 g/mol. The van der Waals surface area contributed by atoms with Gasteiger partial charge in [-0.3, -0.25) is 4.79 Å². The summed E-state index contributed by atoms with van der Waals surface area (Å²) in [6.07, 6.45) is 0.331. The van der Waals surface area contributed by atoms with Crippen LogP contribution in [-0.2, 0) is 17.7 Å². The Morgan fingerprint density at radius 3 is 3.16 bits per heavy atom. The Labute approximate surface area is 113 Å². The van der Waals surface area contributed by atoms with Crippen LogP contribution >= 0.6 is 0 Å². The number of hydrogen-bond acceptors (Lipinski definition) is 4. The summed E-state index contributed by atoms with van der Waals surface area (Å²) in [6.45, 7) is 2.21. The predicted octanol–water partition coefficient (Wildman–Crippen LogP) is 0.0694. The fourth-order valence-corrected chi connectivity index (χ4v) is 2.19. The van der Waals surface area contributed by atoms with Crippen molar-refractivity contribution < 1.29 is 14.6 Å². The summed E-state index contributed by atoms with van der Waals surface area (Å²) in [5, 5.41) is 15.5. The Kier molecular flexibility index (Phi) is 4.90. The van der Waals surface area contributed by atoms with E-state index >= 15 is 0 Å². The maximum Gasteiger partial charge on any atom is 0.251 e. The maximum atomic E-state index is 12.0. The Morgan fingerprint density at radius 1 is 1.53 bits per heavy atom. The molecular weight excluding hydrogens is 244 g/mol. The van der Waals surface area contributed by atoms with Crippen LogP contribution in [0.3, 0.4) is 0 Å². The van der Waals surface area contributed by atoms with E-state index in [1.54, 1.807) is 0 Å². The summed E-state index contributed by atoms with van der Waals surface area (Å²) in [7, 11) is 1.52. The molecule has 0 spiro atoms. The maximum absolute atomic E-state index is 12.0. The first-order chi connectivity index (χ1) is 9.20. The van der Waals surface area contributed by atoms with Crippen molar-refractivity contribution in [3.8, 4) is 0 Å². The molecule has 5 nitrogen and oxygen atoms in total. The number of aliphatic hydroxyl groups excluding tert-OH is 1. The van der Waals surface area contributed by atoms with Gasteiger partial charge in [0.05, 0.1) is 12.7 Å². The second-order valence-electron chi connectivity index (χ2n) is 4.73. The van der Waals surface area contributed by atoms with Gasteiger partial charge in [-0.05, 0) is 36.2 Å². The van der Waals surface area contributed by atoms with Crippen molar-refractivity contribution in [2.75, 3.05) is 26.8 Å². The molecule has 1 unspecified atom stereocenters. The Hall–Kier alpha value is -1.43. The third kappa shape index (κ3) is 3.76. The third-order valence-corrected chi connectivity index (χ3v) is 3.21. The molecule has 1 aromatic rings. The van der Waals surface area contributed by atoms with Gasteiger partial charge in [0, 0.05) is 25.8 Å². The van der Waals surface area contributed by atoms with Crippen LogP contribution in [0.5, 0.6) is 0 Å². The van der Waals surface area contributed by atoms with Crippen molar-refractivity contribution in [2.45, 2.75) is 19.1 Å². The van der Waals surface area contributed by atoms with Gasteiger partial charge in [-0.1, -0.05) is 6.07 Å². The van der Waals surface area contributed by atoms with Gasteiger partial charge < -0.3 is 20.5 Å². The quantitative estimate of drug-likeness (QED) is 0.704. The molecule has 1 amide bonds. The lowest BCUT2D eigenvalue weighted by atomic mass is 9.98. The molecule has 2 rings (SSSR count). The number of nitrogens with one attached hydrogen (secondary N) is 2. The molecule has 0 aliphatic carbocycles. The number of ether oxygens (including phenoxy) is 1. The predicted molar refractivity (Wildman–Crippen MR) is 72.1 cm³/mol. The summed E-state index contributed by atoms with van der Waals surface area (Å²) in [4.78, 5) is 12.0. The van der Waals surface area contributed by atoms with E-state index in [9.17, 15) is 9.90 Å². The minimum atomic E-state index is -0.673. The minimum Gasteiger partial charge on any atom is -0.389 e. The zero-order valence-electron chi connectivity index (χ0n) is 11.1. The summed E-state index contributed by atoms with van der Waals surface area (Å²) < 4.78 is 4.81. The van der Waals surface area contributed by atoms with Crippen molar-refractivity contribution in [3.63, 3.8) is 0 Å². The lowest BCUT2D eigenvalue weighted by molar-refractivity contribution is 0.0610. The highest BCUT2D eigenvalue weighted by atomic mass is 16.5. The SMILES string of the molecule is COCC(O)CNC(=O)c1ccc2c(c1)CNCC2. The molecule has 0 radical (unpaired) electrons. The van der Waals surface area contributed by atoms with Crippen LogP contribution in [0.15, 0.2) is 18.2 Å². The van der Waals surface area contributed by atoms with Gasteiger partial charge >= 0.3 is 0 Å². The van der Waals surface area contributed by atoms with E-state index in [2.05, 4.69) is 10.6 Å². The Morgan fingerprint density at radius 2 is 2.37 bits per heavy atom. The van der Waals surface area contributed by atoms with Gasteiger partial charge in [-0.2, -0.15) is 0 Å². The zero-order valence-corrected chi connectivity index (χ0v) is 11.1. The number of fused-ring (bicyclic) bond motifs is 1. The van der Waals surface area contributed by atoms with Crippen LogP contribution in [0, 0.1) is 0 Å². The van der Waals surface area contributed by atoms with Gasteiger partial charge in [0.1, 0.15) is 0 Å². The van der Waals surface area contributed by atoms with E-state index in [0.29, 0.717) is 5.56 Å². The van der Waals surface area contributed by atoms with E-state index in [4.69, 9.17) is 4.74 Å². The molecule has 0 aromatic heterocycles. The lowest BCUT2D eigenvalue weighted by Gasteiger charge is -2.18. The molecule has 104 valence electrons. The van der Waals surface area contributed by atoms with Gasteiger partial charge in [-0.25, -0.2) is 0 Å². The highest BCUT2D eigenvalue weighted by Gasteiger charge is 2.13. The first-order valence-corrected chi connectivity index (χ1v) is 6.48. The smallest absolute Gasteiger partial charge is 0.251 e. The normalized spacial score (nSPS) is 15.7. The Balaban J connectivity index is 1.95. The molecule has 0 saturated heterocycles. The van der Waals surface area contributed by atoms with Crippen molar-refractivity contribution in [1.82, 2.24) is 10.6 Å². The average molecular weight is 264 g/mol. The summed E-state index contributed by atoms with van der Waals surface area (Å²) in [6, 6.07) is 5.76. The van der Waals surface area contributed by atoms with Gasteiger partial charge in [0.15, 0.2) is 0 Å². The van der Waals surface area contributed by atoms with Crippen LogP contribution in [-0.4, -0.2) is 43.9 Å². The van der Waals surface area contributed by atoms with Crippen LogP contribution in [0.2, 0.25) is 0 Å². The number of carbonyl (C=O) groups excluding carboxylic acids is 1. The van der Waals surface area contributed by atoms with Crippen LogP contribution in [0.25, 0.3) is 0 Å². The van der Waals surface area contributed by atoms with Gasteiger partial charge in [0.25, 0.3) is 5.91 Å². The van der Waals surface area contributed by atoms with E-state index < -0.39 is 6.10 Å². The van der Waals surface area contributed by atoms with E-state index in [1.807, 2.05) is 18.2 Å². The fraction of sp³-hybridized carbons (Fsp3) is 0.500. The highest BCUT2D eigenvalue weighted by molar-refractivity contribution is 5.94.